The fraction of sp³-hybridized carbons (Fsp3) is 0.214. The third-order valence-corrected chi connectivity index (χ3v) is 4.42. The molecule has 3 rings (SSSR count). The van der Waals surface area contributed by atoms with Crippen LogP contribution in [-0.2, 0) is 12.8 Å². The van der Waals surface area contributed by atoms with E-state index in [2.05, 4.69) is 5.38 Å². The quantitative estimate of drug-likeness (QED) is 0.649. The zero-order chi connectivity index (χ0) is 11.8. The van der Waals surface area contributed by atoms with E-state index < -0.39 is 0 Å². The molecule has 1 aliphatic rings. The van der Waals surface area contributed by atoms with Crippen LogP contribution in [0.5, 0.6) is 0 Å². The highest BCUT2D eigenvalue weighted by Crippen LogP contribution is 2.38. The highest BCUT2D eigenvalue weighted by atomic mass is 32.1. The van der Waals surface area contributed by atoms with E-state index in [1.54, 1.807) is 6.07 Å². The normalized spacial score (nSPS) is 13.6. The van der Waals surface area contributed by atoms with Gasteiger partial charge in [0.1, 0.15) is 0 Å². The highest BCUT2D eigenvalue weighted by molar-refractivity contribution is 7.10. The number of aryl methyl sites for hydroxylation is 1. The molecule has 2 N–H and O–H groups in total. The number of nitrogen functional groups attached to an aromatic ring is 1. The summed E-state index contributed by atoms with van der Waals surface area (Å²) in [7, 11) is 0. The second kappa shape index (κ2) is 4.00. The van der Waals surface area contributed by atoms with E-state index in [4.69, 9.17) is 5.73 Å². The van der Waals surface area contributed by atoms with E-state index >= 15 is 0 Å². The Hall–Kier alpha value is -1.61. The molecule has 0 amide bonds. The number of rotatable bonds is 2. The topological polar surface area (TPSA) is 43.1 Å². The van der Waals surface area contributed by atoms with Crippen molar-refractivity contribution in [3.8, 4) is 11.1 Å². The molecule has 0 bridgehead atoms. The fourth-order valence-corrected chi connectivity index (χ4v) is 3.58. The van der Waals surface area contributed by atoms with E-state index in [1.807, 2.05) is 23.5 Å². The standard InChI is InChI=1S/C14H13NOS/c15-13-6-9(4-5-10(13)7-16)12-8-17-14-3-1-2-11(12)14/h4-8H,1-3,15H2. The van der Waals surface area contributed by atoms with Gasteiger partial charge in [-0.1, -0.05) is 6.07 Å². The average molecular weight is 243 g/mol. The molecule has 0 saturated carbocycles. The van der Waals surface area contributed by atoms with Crippen LogP contribution in [0.15, 0.2) is 23.6 Å². The van der Waals surface area contributed by atoms with Gasteiger partial charge in [0.25, 0.3) is 0 Å². The molecule has 1 aromatic heterocycles. The minimum atomic E-state index is 0.565. The number of hydrogen-bond donors (Lipinski definition) is 1. The first kappa shape index (κ1) is 10.5. The number of aldehydes is 1. The van der Waals surface area contributed by atoms with E-state index in [1.165, 1.54) is 35.3 Å². The van der Waals surface area contributed by atoms with Crippen molar-refractivity contribution in [2.45, 2.75) is 19.3 Å². The predicted molar refractivity (Wildman–Crippen MR) is 71.6 cm³/mol. The molecule has 0 fully saturated rings. The average Bonchev–Trinajstić information content (AvgIpc) is 2.90. The zero-order valence-electron chi connectivity index (χ0n) is 9.40. The van der Waals surface area contributed by atoms with Crippen molar-refractivity contribution >= 4 is 23.3 Å². The summed E-state index contributed by atoms with van der Waals surface area (Å²) in [6, 6.07) is 5.70. The highest BCUT2D eigenvalue weighted by Gasteiger charge is 2.18. The number of fused-ring (bicyclic) bond motifs is 1. The Kier molecular flexibility index (Phi) is 2.48. The van der Waals surface area contributed by atoms with Crippen LogP contribution in [-0.4, -0.2) is 6.29 Å². The molecule has 1 aliphatic carbocycles. The van der Waals surface area contributed by atoms with Crippen LogP contribution >= 0.6 is 11.3 Å². The molecule has 2 nitrogen and oxygen atoms in total. The molecule has 17 heavy (non-hydrogen) atoms. The van der Waals surface area contributed by atoms with Crippen molar-refractivity contribution < 1.29 is 4.79 Å². The van der Waals surface area contributed by atoms with Crippen molar-refractivity contribution in [3.05, 3.63) is 39.6 Å². The summed E-state index contributed by atoms with van der Waals surface area (Å²) in [5.74, 6) is 0. The summed E-state index contributed by atoms with van der Waals surface area (Å²) in [6.07, 6.45) is 4.44. The minimum absolute atomic E-state index is 0.565. The van der Waals surface area contributed by atoms with Gasteiger partial charge in [0.2, 0.25) is 0 Å². The summed E-state index contributed by atoms with van der Waals surface area (Å²) in [4.78, 5) is 12.2. The molecule has 2 aromatic rings. The maximum absolute atomic E-state index is 10.7. The first-order chi connectivity index (χ1) is 8.29. The molecule has 86 valence electrons. The van der Waals surface area contributed by atoms with Crippen LogP contribution in [0.1, 0.15) is 27.2 Å². The third kappa shape index (κ3) is 1.67. The lowest BCUT2D eigenvalue weighted by molar-refractivity contribution is 0.112. The largest absolute Gasteiger partial charge is 0.398 e. The van der Waals surface area contributed by atoms with E-state index in [-0.39, 0.29) is 0 Å². The molecular formula is C14H13NOS. The van der Waals surface area contributed by atoms with Crippen molar-refractivity contribution in [2.24, 2.45) is 0 Å². The Bertz CT molecular complexity index is 586. The predicted octanol–water partition coefficient (Wildman–Crippen LogP) is 3.30. The molecule has 3 heteroatoms. The Labute approximate surface area is 104 Å². The molecule has 0 unspecified atom stereocenters. The van der Waals surface area contributed by atoms with Gasteiger partial charge in [0.15, 0.2) is 6.29 Å². The van der Waals surface area contributed by atoms with Crippen molar-refractivity contribution in [3.63, 3.8) is 0 Å². The van der Waals surface area contributed by atoms with Gasteiger partial charge in [-0.05, 0) is 53.5 Å². The van der Waals surface area contributed by atoms with Gasteiger partial charge < -0.3 is 5.73 Å². The molecule has 0 radical (unpaired) electrons. The Morgan fingerprint density at radius 2 is 2.18 bits per heavy atom. The van der Waals surface area contributed by atoms with Crippen molar-refractivity contribution in [1.29, 1.82) is 0 Å². The first-order valence-electron chi connectivity index (χ1n) is 5.74. The second-order valence-electron chi connectivity index (χ2n) is 4.37. The molecule has 0 spiro atoms. The molecular weight excluding hydrogens is 230 g/mol. The minimum Gasteiger partial charge on any atom is -0.398 e. The molecule has 1 aromatic carbocycles. The maximum atomic E-state index is 10.7. The van der Waals surface area contributed by atoms with E-state index in [0.717, 1.165) is 11.8 Å². The van der Waals surface area contributed by atoms with Gasteiger partial charge in [-0.3, -0.25) is 4.79 Å². The molecule has 0 aliphatic heterocycles. The van der Waals surface area contributed by atoms with Crippen LogP contribution in [0.3, 0.4) is 0 Å². The van der Waals surface area contributed by atoms with E-state index in [0.29, 0.717) is 11.3 Å². The lowest BCUT2D eigenvalue weighted by atomic mass is 10.0. The summed E-state index contributed by atoms with van der Waals surface area (Å²) >= 11 is 1.84. The van der Waals surface area contributed by atoms with Crippen molar-refractivity contribution in [1.82, 2.24) is 0 Å². The number of benzene rings is 1. The Morgan fingerprint density at radius 3 is 2.94 bits per heavy atom. The lowest BCUT2D eigenvalue weighted by Gasteiger charge is -2.05. The SMILES string of the molecule is Nc1cc(-c2csc3c2CCC3)ccc1C=O. The summed E-state index contributed by atoms with van der Waals surface area (Å²) in [5.41, 5.74) is 10.9. The first-order valence-corrected chi connectivity index (χ1v) is 6.62. The van der Waals surface area contributed by atoms with Gasteiger partial charge in [-0.2, -0.15) is 0 Å². The van der Waals surface area contributed by atoms with Gasteiger partial charge in [-0.15, -0.1) is 11.3 Å². The van der Waals surface area contributed by atoms with Gasteiger partial charge in [-0.25, -0.2) is 0 Å². The molecule has 1 heterocycles. The maximum Gasteiger partial charge on any atom is 0.152 e. The number of hydrogen-bond acceptors (Lipinski definition) is 3. The summed E-state index contributed by atoms with van der Waals surface area (Å²) in [6.45, 7) is 0. The summed E-state index contributed by atoms with van der Waals surface area (Å²) < 4.78 is 0. The van der Waals surface area contributed by atoms with Gasteiger partial charge >= 0.3 is 0 Å². The zero-order valence-corrected chi connectivity index (χ0v) is 10.2. The van der Waals surface area contributed by atoms with Gasteiger partial charge in [0, 0.05) is 16.1 Å². The monoisotopic (exact) mass is 243 g/mol. The smallest absolute Gasteiger partial charge is 0.152 e. The number of thiophene rings is 1. The van der Waals surface area contributed by atoms with Crippen LogP contribution < -0.4 is 5.73 Å². The van der Waals surface area contributed by atoms with Crippen LogP contribution in [0.25, 0.3) is 11.1 Å². The lowest BCUT2D eigenvalue weighted by Crippen LogP contribution is -1.93. The van der Waals surface area contributed by atoms with Crippen LogP contribution in [0.2, 0.25) is 0 Å². The number of anilines is 1. The molecule has 0 saturated heterocycles. The number of carbonyl (C=O) groups excluding carboxylic acids is 1. The Balaban J connectivity index is 2.09. The Morgan fingerprint density at radius 1 is 1.29 bits per heavy atom. The van der Waals surface area contributed by atoms with Crippen molar-refractivity contribution in [2.75, 3.05) is 5.73 Å². The molecule has 0 atom stereocenters. The van der Waals surface area contributed by atoms with E-state index in [9.17, 15) is 4.79 Å². The number of carbonyl (C=O) groups is 1. The van der Waals surface area contributed by atoms with Gasteiger partial charge in [0.05, 0.1) is 0 Å². The number of nitrogens with two attached hydrogens (primary N) is 1. The summed E-state index contributed by atoms with van der Waals surface area (Å²) in [5, 5.41) is 2.21. The third-order valence-electron chi connectivity index (χ3n) is 3.34. The van der Waals surface area contributed by atoms with Crippen LogP contribution in [0.4, 0.5) is 5.69 Å². The van der Waals surface area contributed by atoms with Crippen LogP contribution in [0, 0.1) is 0 Å². The fourth-order valence-electron chi connectivity index (χ4n) is 2.42. The second-order valence-corrected chi connectivity index (χ2v) is 5.33.